The number of hydrogen-bond donors (Lipinski definition) is 0. The average Bonchev–Trinajstić information content (AvgIpc) is 2.01. The van der Waals surface area contributed by atoms with Crippen LogP contribution in [0.1, 0.15) is 6.42 Å². The molecular weight excluding hydrogens is 211 g/mol. The molecule has 0 heterocycles. The standard InChI is InChI=1S/C5H5.5CH3.Zr/c1-2-4-5-3-1;;;;;;/h1-3H,4H2;5*1H3;. The van der Waals surface area contributed by atoms with E-state index in [2.05, 4.69) is 41.4 Å². The van der Waals surface area contributed by atoms with Gasteiger partial charge in [-0.05, 0) is 0 Å². The molecule has 0 aromatic heterocycles. The molecule has 0 unspecified atom stereocenters. The van der Waals surface area contributed by atoms with Gasteiger partial charge in [-0.3, -0.25) is 0 Å². The SMILES string of the molecule is [CH3][Zr]([CH3])([CH3])([CH3])([CH3])[C]1=CC=CC1. The van der Waals surface area contributed by atoms with Crippen molar-refractivity contribution >= 4 is 0 Å². The molecule has 11 heavy (non-hydrogen) atoms. The molecule has 0 aliphatic heterocycles. The summed E-state index contributed by atoms with van der Waals surface area (Å²) >= 11 is -2.78. The molecule has 0 amide bonds. The second-order valence-corrected chi connectivity index (χ2v) is 39.9. The van der Waals surface area contributed by atoms with Gasteiger partial charge in [0.1, 0.15) is 0 Å². The zero-order valence-electron chi connectivity index (χ0n) is 8.44. The predicted molar refractivity (Wildman–Crippen MR) is 51.2 cm³/mol. The van der Waals surface area contributed by atoms with Crippen LogP contribution in [0.4, 0.5) is 0 Å². The van der Waals surface area contributed by atoms with E-state index in [9.17, 15) is 0 Å². The maximum atomic E-state index is 2.50. The minimum absolute atomic E-state index is 1.20. The zero-order valence-corrected chi connectivity index (χ0v) is 10.9. The summed E-state index contributed by atoms with van der Waals surface area (Å²) in [5.74, 6) is 0. The molecule has 0 saturated carbocycles. The number of allylic oxidation sites excluding steroid dienone is 4. The summed E-state index contributed by atoms with van der Waals surface area (Å²) in [5.41, 5.74) is 0. The fourth-order valence-electron chi connectivity index (χ4n) is 1.37. The van der Waals surface area contributed by atoms with E-state index in [1.165, 1.54) is 6.42 Å². The normalized spacial score (nSPS) is 24.3. The Morgan fingerprint density at radius 3 is 1.82 bits per heavy atom. The molecule has 0 nitrogen and oxygen atoms in total. The van der Waals surface area contributed by atoms with Crippen LogP contribution in [-0.2, 0) is 17.3 Å². The molecule has 1 aliphatic rings. The Balaban J connectivity index is 3.11. The third-order valence-electron chi connectivity index (χ3n) is 2.38. The first kappa shape index (κ1) is 9.45. The summed E-state index contributed by atoms with van der Waals surface area (Å²) in [6.07, 6.45) is 8.00. The van der Waals surface area contributed by atoms with Crippen molar-refractivity contribution in [3.63, 3.8) is 0 Å². The maximum absolute atomic E-state index is 2.78. The van der Waals surface area contributed by atoms with Crippen molar-refractivity contribution in [2.75, 3.05) is 0 Å². The summed E-state index contributed by atoms with van der Waals surface area (Å²) in [6, 6.07) is 0. The van der Waals surface area contributed by atoms with Crippen molar-refractivity contribution in [2.45, 2.75) is 29.6 Å². The third kappa shape index (κ3) is 2.40. The van der Waals surface area contributed by atoms with Gasteiger partial charge in [0.15, 0.2) is 0 Å². The van der Waals surface area contributed by atoms with Gasteiger partial charge in [-0.25, -0.2) is 0 Å². The summed E-state index contributed by atoms with van der Waals surface area (Å²) in [5, 5.41) is 0. The molecule has 0 bridgehead atoms. The monoisotopic (exact) mass is 230 g/mol. The van der Waals surface area contributed by atoms with Crippen LogP contribution in [0.15, 0.2) is 21.5 Å². The first-order chi connectivity index (χ1) is 4.59. The molecule has 1 aliphatic carbocycles. The molecule has 0 aromatic rings. The topological polar surface area (TPSA) is 0 Å². The van der Waals surface area contributed by atoms with E-state index in [0.29, 0.717) is 0 Å². The van der Waals surface area contributed by atoms with Gasteiger partial charge in [0, 0.05) is 0 Å². The molecule has 0 fully saturated rings. The Labute approximate surface area is 68.2 Å². The zero-order chi connectivity index (χ0) is 8.81. The Bertz CT molecular complexity index is 232. The van der Waals surface area contributed by atoms with Gasteiger partial charge in [-0.15, -0.1) is 0 Å². The molecule has 0 N–H and O–H groups in total. The van der Waals surface area contributed by atoms with Crippen molar-refractivity contribution in [3.8, 4) is 0 Å². The summed E-state index contributed by atoms with van der Waals surface area (Å²) in [7, 11) is 0. The van der Waals surface area contributed by atoms with E-state index in [1.54, 1.807) is 3.28 Å². The minimum atomic E-state index is -2.78. The summed E-state index contributed by atoms with van der Waals surface area (Å²) in [6.45, 7) is 0. The Kier molecular flexibility index (Phi) is 1.56. The molecule has 64 valence electrons. The van der Waals surface area contributed by atoms with E-state index < -0.39 is 17.3 Å². The quantitative estimate of drug-likeness (QED) is 0.631. The van der Waals surface area contributed by atoms with Crippen LogP contribution in [0.5, 0.6) is 0 Å². The molecule has 1 rings (SSSR count). The van der Waals surface area contributed by atoms with Crippen molar-refractivity contribution in [1.82, 2.24) is 0 Å². The van der Waals surface area contributed by atoms with E-state index in [-0.39, 0.29) is 0 Å². The second kappa shape index (κ2) is 1.82. The van der Waals surface area contributed by atoms with Gasteiger partial charge in [0.05, 0.1) is 0 Å². The third-order valence-corrected chi connectivity index (χ3v) is 11.2. The van der Waals surface area contributed by atoms with Crippen LogP contribution in [0.25, 0.3) is 0 Å². The van der Waals surface area contributed by atoms with Gasteiger partial charge in [0.25, 0.3) is 0 Å². The van der Waals surface area contributed by atoms with E-state index in [4.69, 9.17) is 0 Å². The van der Waals surface area contributed by atoms with E-state index in [0.717, 1.165) is 0 Å². The van der Waals surface area contributed by atoms with Crippen LogP contribution in [-0.4, -0.2) is 0 Å². The molecule has 1 heteroatoms. The van der Waals surface area contributed by atoms with Crippen LogP contribution in [0.2, 0.25) is 23.2 Å². The van der Waals surface area contributed by atoms with Crippen molar-refractivity contribution in [3.05, 3.63) is 21.5 Å². The Morgan fingerprint density at radius 2 is 1.64 bits per heavy atom. The summed E-state index contributed by atoms with van der Waals surface area (Å²) < 4.78 is 14.2. The first-order valence-corrected chi connectivity index (χ1v) is 18.0. The fraction of sp³-hybridized carbons (Fsp3) is 0.600. The van der Waals surface area contributed by atoms with Gasteiger partial charge in [-0.2, -0.15) is 0 Å². The van der Waals surface area contributed by atoms with Crippen molar-refractivity contribution in [2.24, 2.45) is 0 Å². The molecule has 0 radical (unpaired) electrons. The molecule has 0 saturated heterocycles. The summed E-state index contributed by atoms with van der Waals surface area (Å²) in [4.78, 5) is 0. The molecular formula is C10H20Zr. The van der Waals surface area contributed by atoms with E-state index in [1.807, 2.05) is 0 Å². The first-order valence-electron chi connectivity index (χ1n) is 4.47. The van der Waals surface area contributed by atoms with Crippen LogP contribution in [0.3, 0.4) is 0 Å². The number of rotatable bonds is 1. The van der Waals surface area contributed by atoms with Crippen LogP contribution >= 0.6 is 0 Å². The molecule has 0 atom stereocenters. The predicted octanol–water partition coefficient (Wildman–Crippen LogP) is 4.30. The van der Waals surface area contributed by atoms with Gasteiger partial charge >= 0.3 is 68.4 Å². The molecule has 0 spiro atoms. The van der Waals surface area contributed by atoms with Gasteiger partial charge < -0.3 is 0 Å². The van der Waals surface area contributed by atoms with Crippen molar-refractivity contribution < 1.29 is 17.3 Å². The van der Waals surface area contributed by atoms with Crippen molar-refractivity contribution in [1.29, 1.82) is 0 Å². The Morgan fingerprint density at radius 1 is 1.09 bits per heavy atom. The van der Waals surface area contributed by atoms with Gasteiger partial charge in [-0.1, -0.05) is 0 Å². The second-order valence-electron chi connectivity index (χ2n) is 7.57. The van der Waals surface area contributed by atoms with Crippen LogP contribution in [0, 0.1) is 0 Å². The van der Waals surface area contributed by atoms with E-state index >= 15 is 0 Å². The number of hydrogen-bond acceptors (Lipinski definition) is 0. The van der Waals surface area contributed by atoms with Gasteiger partial charge in [0.2, 0.25) is 0 Å². The average molecular weight is 231 g/mol. The molecule has 0 aromatic carbocycles. The fourth-order valence-corrected chi connectivity index (χ4v) is 6.46. The van der Waals surface area contributed by atoms with Crippen LogP contribution < -0.4 is 0 Å². The Hall–Kier alpha value is 0.363.